The van der Waals surface area contributed by atoms with Gasteiger partial charge in [-0.2, -0.15) is 0 Å². The van der Waals surface area contributed by atoms with Gasteiger partial charge in [-0.05, 0) is 64.5 Å². The van der Waals surface area contributed by atoms with Gasteiger partial charge >= 0.3 is 0 Å². The van der Waals surface area contributed by atoms with Gasteiger partial charge in [-0.15, -0.1) is 16.4 Å². The first kappa shape index (κ1) is 20.3. The van der Waals surface area contributed by atoms with Gasteiger partial charge in [-0.25, -0.2) is 4.68 Å². The van der Waals surface area contributed by atoms with Crippen molar-refractivity contribution >= 4 is 34.7 Å². The van der Waals surface area contributed by atoms with Crippen LogP contribution in [0.1, 0.15) is 26.8 Å². The number of carbonyl (C=O) groups is 1. The van der Waals surface area contributed by atoms with Gasteiger partial charge in [0.2, 0.25) is 11.1 Å². The molecular weight excluding hydrogens is 414 g/mol. The van der Waals surface area contributed by atoms with Crippen LogP contribution in [0.3, 0.4) is 0 Å². The minimum absolute atomic E-state index is 0.109. The molecule has 0 aliphatic rings. The zero-order valence-corrected chi connectivity index (χ0v) is 18.3. The molecular formula is C22H21N5OS2. The molecule has 2 aromatic carbocycles. The van der Waals surface area contributed by atoms with Crippen molar-refractivity contribution in [3.63, 3.8) is 0 Å². The Kier molecular flexibility index (Phi) is 6.25. The number of aromatic nitrogens is 4. The van der Waals surface area contributed by atoms with Gasteiger partial charge in [0, 0.05) is 10.6 Å². The Bertz CT molecular complexity index is 1110. The van der Waals surface area contributed by atoms with E-state index in [4.69, 9.17) is 0 Å². The maximum Gasteiger partial charge on any atom is 0.242 e. The summed E-state index contributed by atoms with van der Waals surface area (Å²) >= 11 is 3.00. The molecule has 0 spiro atoms. The number of nitrogens with one attached hydrogen (secondary N) is 1. The van der Waals surface area contributed by atoms with Crippen molar-refractivity contribution in [1.29, 1.82) is 0 Å². The Balaban J connectivity index is 1.60. The van der Waals surface area contributed by atoms with E-state index in [1.807, 2.05) is 73.8 Å². The molecule has 1 amide bonds. The summed E-state index contributed by atoms with van der Waals surface area (Å²) in [4.78, 5) is 14.4. The zero-order chi connectivity index (χ0) is 20.9. The van der Waals surface area contributed by atoms with Crippen LogP contribution >= 0.6 is 23.1 Å². The highest BCUT2D eigenvalue weighted by Crippen LogP contribution is 2.35. The molecule has 0 fully saturated rings. The fourth-order valence-electron chi connectivity index (χ4n) is 3.19. The quantitative estimate of drug-likeness (QED) is 0.419. The van der Waals surface area contributed by atoms with Gasteiger partial charge in [0.15, 0.2) is 0 Å². The van der Waals surface area contributed by atoms with Crippen molar-refractivity contribution < 1.29 is 4.79 Å². The third kappa shape index (κ3) is 4.95. The van der Waals surface area contributed by atoms with E-state index in [1.54, 1.807) is 16.0 Å². The highest BCUT2D eigenvalue weighted by atomic mass is 32.2. The SMILES string of the molecule is Cc1cc(C)cc(NC(=O)C(Sc2nnnn2Cc2cccs2)c2ccccc2)c1. The predicted octanol–water partition coefficient (Wildman–Crippen LogP) is 4.87. The molecule has 0 radical (unpaired) electrons. The molecule has 1 unspecified atom stereocenters. The molecule has 0 aliphatic heterocycles. The Morgan fingerprint density at radius 2 is 1.87 bits per heavy atom. The molecule has 0 saturated carbocycles. The topological polar surface area (TPSA) is 72.7 Å². The van der Waals surface area contributed by atoms with Crippen LogP contribution in [0.4, 0.5) is 5.69 Å². The summed E-state index contributed by atoms with van der Waals surface area (Å²) in [6, 6.07) is 19.8. The molecule has 152 valence electrons. The van der Waals surface area contributed by atoms with E-state index in [-0.39, 0.29) is 5.91 Å². The summed E-state index contributed by atoms with van der Waals surface area (Å²) < 4.78 is 1.73. The van der Waals surface area contributed by atoms with E-state index < -0.39 is 5.25 Å². The first-order valence-corrected chi connectivity index (χ1v) is 11.2. The smallest absolute Gasteiger partial charge is 0.242 e. The van der Waals surface area contributed by atoms with Gasteiger partial charge < -0.3 is 5.32 Å². The molecule has 1 atom stereocenters. The lowest BCUT2D eigenvalue weighted by molar-refractivity contribution is -0.115. The van der Waals surface area contributed by atoms with Crippen molar-refractivity contribution in [2.75, 3.05) is 5.32 Å². The fraction of sp³-hybridized carbons (Fsp3) is 0.182. The second kappa shape index (κ2) is 9.23. The number of aryl methyl sites for hydroxylation is 2. The van der Waals surface area contributed by atoms with Crippen molar-refractivity contribution in [2.24, 2.45) is 0 Å². The highest BCUT2D eigenvalue weighted by Gasteiger charge is 2.25. The standard InChI is InChI=1S/C22H21N5OS2/c1-15-11-16(2)13-18(12-15)23-21(28)20(17-7-4-3-5-8-17)30-22-24-25-26-27(22)14-19-9-6-10-29-19/h3-13,20H,14H2,1-2H3,(H,23,28). The van der Waals surface area contributed by atoms with Gasteiger partial charge in [-0.1, -0.05) is 54.2 Å². The Hall–Kier alpha value is -2.97. The average molecular weight is 436 g/mol. The van der Waals surface area contributed by atoms with E-state index in [9.17, 15) is 4.79 Å². The third-order valence-corrected chi connectivity index (χ3v) is 6.52. The van der Waals surface area contributed by atoms with Crippen LogP contribution in [-0.2, 0) is 11.3 Å². The number of thiophene rings is 1. The third-order valence-electron chi connectivity index (χ3n) is 4.44. The summed E-state index contributed by atoms with van der Waals surface area (Å²) in [6.07, 6.45) is 0. The number of hydrogen-bond donors (Lipinski definition) is 1. The first-order valence-electron chi connectivity index (χ1n) is 9.48. The lowest BCUT2D eigenvalue weighted by atomic mass is 10.1. The summed E-state index contributed by atoms with van der Waals surface area (Å²) in [5.74, 6) is -0.109. The molecule has 30 heavy (non-hydrogen) atoms. The van der Waals surface area contributed by atoms with E-state index in [0.717, 1.165) is 27.3 Å². The zero-order valence-electron chi connectivity index (χ0n) is 16.6. The number of anilines is 1. The number of nitrogens with zero attached hydrogens (tertiary/aromatic N) is 4. The number of benzene rings is 2. The molecule has 0 aliphatic carbocycles. The molecule has 2 heterocycles. The molecule has 8 heteroatoms. The lowest BCUT2D eigenvalue weighted by Gasteiger charge is -2.17. The second-order valence-corrected chi connectivity index (χ2v) is 9.08. The lowest BCUT2D eigenvalue weighted by Crippen LogP contribution is -2.20. The minimum Gasteiger partial charge on any atom is -0.325 e. The van der Waals surface area contributed by atoms with Crippen LogP contribution in [-0.4, -0.2) is 26.1 Å². The van der Waals surface area contributed by atoms with Gasteiger partial charge in [0.25, 0.3) is 0 Å². The fourth-order valence-corrected chi connectivity index (χ4v) is 4.85. The van der Waals surface area contributed by atoms with Crippen LogP contribution < -0.4 is 5.32 Å². The van der Waals surface area contributed by atoms with E-state index in [2.05, 4.69) is 26.9 Å². The van der Waals surface area contributed by atoms with Crippen molar-refractivity contribution in [3.05, 3.63) is 87.6 Å². The Labute approximate surface area is 183 Å². The van der Waals surface area contributed by atoms with Gasteiger partial charge in [0.1, 0.15) is 5.25 Å². The molecule has 2 aromatic heterocycles. The second-order valence-electron chi connectivity index (χ2n) is 6.97. The molecule has 6 nitrogen and oxygen atoms in total. The number of hydrogen-bond acceptors (Lipinski definition) is 6. The van der Waals surface area contributed by atoms with Gasteiger partial charge in [0.05, 0.1) is 6.54 Å². The Morgan fingerprint density at radius 1 is 1.10 bits per heavy atom. The van der Waals surface area contributed by atoms with Crippen molar-refractivity contribution in [3.8, 4) is 0 Å². The van der Waals surface area contributed by atoms with E-state index >= 15 is 0 Å². The van der Waals surface area contributed by atoms with Crippen molar-refractivity contribution in [2.45, 2.75) is 30.8 Å². The van der Waals surface area contributed by atoms with Crippen LogP contribution in [0.5, 0.6) is 0 Å². The predicted molar refractivity (Wildman–Crippen MR) is 121 cm³/mol. The van der Waals surface area contributed by atoms with Gasteiger partial charge in [-0.3, -0.25) is 4.79 Å². The Morgan fingerprint density at radius 3 is 2.57 bits per heavy atom. The maximum absolute atomic E-state index is 13.3. The number of rotatable bonds is 7. The van der Waals surface area contributed by atoms with Crippen LogP contribution in [0.25, 0.3) is 0 Å². The van der Waals surface area contributed by atoms with Crippen LogP contribution in [0.15, 0.2) is 71.2 Å². The van der Waals surface area contributed by atoms with Crippen LogP contribution in [0.2, 0.25) is 0 Å². The highest BCUT2D eigenvalue weighted by molar-refractivity contribution is 8.00. The monoisotopic (exact) mass is 435 g/mol. The minimum atomic E-state index is -0.486. The summed E-state index contributed by atoms with van der Waals surface area (Å²) in [5.41, 5.74) is 3.90. The molecule has 0 bridgehead atoms. The molecule has 1 N–H and O–H groups in total. The summed E-state index contributed by atoms with van der Waals surface area (Å²) in [6.45, 7) is 4.61. The van der Waals surface area contributed by atoms with Crippen LogP contribution in [0, 0.1) is 13.8 Å². The average Bonchev–Trinajstić information content (AvgIpc) is 3.38. The van der Waals surface area contributed by atoms with E-state index in [0.29, 0.717) is 11.7 Å². The molecule has 4 aromatic rings. The number of amides is 1. The maximum atomic E-state index is 13.3. The normalized spacial score (nSPS) is 11.9. The number of tetrazole rings is 1. The van der Waals surface area contributed by atoms with Crippen molar-refractivity contribution in [1.82, 2.24) is 20.2 Å². The largest absolute Gasteiger partial charge is 0.325 e. The van der Waals surface area contributed by atoms with E-state index in [1.165, 1.54) is 11.8 Å². The molecule has 4 rings (SSSR count). The summed E-state index contributed by atoms with van der Waals surface area (Å²) in [5, 5.41) is 17.3. The first-order chi connectivity index (χ1) is 14.6. The summed E-state index contributed by atoms with van der Waals surface area (Å²) in [7, 11) is 0. The number of thioether (sulfide) groups is 1. The molecule has 0 saturated heterocycles. The number of carbonyl (C=O) groups excluding carboxylic acids is 1.